The fourth-order valence-electron chi connectivity index (χ4n) is 3.48. The zero-order chi connectivity index (χ0) is 20.4. The predicted molar refractivity (Wildman–Crippen MR) is 111 cm³/mol. The van der Waals surface area contributed by atoms with Crippen molar-refractivity contribution in [3.8, 4) is 17.5 Å². The molecule has 1 saturated carbocycles. The van der Waals surface area contributed by atoms with E-state index in [-0.39, 0.29) is 0 Å². The van der Waals surface area contributed by atoms with Gasteiger partial charge < -0.3 is 15.4 Å². The third kappa shape index (κ3) is 4.03. The van der Waals surface area contributed by atoms with Gasteiger partial charge in [-0.25, -0.2) is 9.31 Å². The number of pyridine rings is 1. The maximum absolute atomic E-state index is 11.2. The van der Waals surface area contributed by atoms with E-state index >= 15 is 0 Å². The van der Waals surface area contributed by atoms with E-state index in [1.807, 2.05) is 18.2 Å². The van der Waals surface area contributed by atoms with Crippen LogP contribution in [0.5, 0.6) is 0 Å². The topological polar surface area (TPSA) is 104 Å². The number of amides is 1. The van der Waals surface area contributed by atoms with E-state index in [4.69, 9.17) is 5.26 Å². The highest BCUT2D eigenvalue weighted by molar-refractivity contribution is 9.10. The number of nitrogens with zero attached hydrogens (tertiary/aromatic N) is 4. The van der Waals surface area contributed by atoms with Crippen LogP contribution in [-0.4, -0.2) is 40.4 Å². The number of anilines is 1. The second kappa shape index (κ2) is 8.09. The lowest BCUT2D eigenvalue weighted by Crippen LogP contribution is -2.42. The van der Waals surface area contributed by atoms with Gasteiger partial charge in [-0.05, 0) is 59.0 Å². The van der Waals surface area contributed by atoms with Crippen molar-refractivity contribution in [3.05, 3.63) is 46.7 Å². The Hall–Kier alpha value is -3.12. The molecule has 0 spiro atoms. The molecule has 29 heavy (non-hydrogen) atoms. The lowest BCUT2D eigenvalue weighted by Gasteiger charge is -2.36. The highest BCUT2D eigenvalue weighted by atomic mass is 79.9. The van der Waals surface area contributed by atoms with E-state index in [1.54, 1.807) is 23.0 Å². The molecule has 0 aliphatic heterocycles. The lowest BCUT2D eigenvalue weighted by molar-refractivity contribution is 0.164. The smallest absolute Gasteiger partial charge is 0.406 e. The van der Waals surface area contributed by atoms with Crippen molar-refractivity contribution >= 4 is 33.2 Å². The molecule has 2 N–H and O–H groups in total. The molecule has 9 heteroatoms. The fraction of sp³-hybridized carbons (Fsp3) is 0.300. The van der Waals surface area contributed by atoms with E-state index < -0.39 is 6.09 Å². The molecule has 0 aromatic carbocycles. The van der Waals surface area contributed by atoms with E-state index in [2.05, 4.69) is 47.5 Å². The second-order valence-corrected chi connectivity index (χ2v) is 7.87. The van der Waals surface area contributed by atoms with Gasteiger partial charge in [-0.15, -0.1) is 0 Å². The Morgan fingerprint density at radius 3 is 2.97 bits per heavy atom. The molecule has 1 aliphatic rings. The molecule has 0 saturated heterocycles. The van der Waals surface area contributed by atoms with Crippen molar-refractivity contribution < 1.29 is 9.53 Å². The number of alkyl carbamates (subject to hydrolysis) is 1. The molecule has 0 radical (unpaired) electrons. The SMILES string of the molecule is COC(=O)NCC1CC(Nc2cc(-c3ccc4cc(C#N)cnn34)ncc2Br)C1. The third-order valence-corrected chi connectivity index (χ3v) is 5.69. The van der Waals surface area contributed by atoms with Gasteiger partial charge in [0.2, 0.25) is 0 Å². The van der Waals surface area contributed by atoms with Crippen LogP contribution in [0.2, 0.25) is 0 Å². The van der Waals surface area contributed by atoms with Crippen molar-refractivity contribution in [2.75, 3.05) is 19.0 Å². The van der Waals surface area contributed by atoms with Crippen molar-refractivity contribution in [3.63, 3.8) is 0 Å². The molecule has 3 aromatic heterocycles. The van der Waals surface area contributed by atoms with Crippen LogP contribution in [0.15, 0.2) is 41.1 Å². The summed E-state index contributed by atoms with van der Waals surface area (Å²) >= 11 is 3.56. The number of halogens is 1. The molecular weight excluding hydrogens is 436 g/mol. The van der Waals surface area contributed by atoms with Crippen molar-refractivity contribution in [1.29, 1.82) is 5.26 Å². The van der Waals surface area contributed by atoms with Gasteiger partial charge in [0.1, 0.15) is 6.07 Å². The Morgan fingerprint density at radius 1 is 1.38 bits per heavy atom. The molecule has 1 amide bonds. The number of nitriles is 1. The number of hydrogen-bond acceptors (Lipinski definition) is 6. The maximum atomic E-state index is 11.2. The first-order valence-electron chi connectivity index (χ1n) is 9.19. The predicted octanol–water partition coefficient (Wildman–Crippen LogP) is 3.58. The average molecular weight is 455 g/mol. The molecular formula is C20H19BrN6O2. The Kier molecular flexibility index (Phi) is 5.36. The van der Waals surface area contributed by atoms with Crippen LogP contribution in [0.4, 0.5) is 10.5 Å². The number of carbonyl (C=O) groups excluding carboxylic acids is 1. The Labute approximate surface area is 176 Å². The molecule has 0 atom stereocenters. The molecule has 0 bridgehead atoms. The molecule has 148 valence electrons. The third-order valence-electron chi connectivity index (χ3n) is 5.06. The van der Waals surface area contributed by atoms with Crippen LogP contribution in [0.3, 0.4) is 0 Å². The summed E-state index contributed by atoms with van der Waals surface area (Å²) in [6.07, 6.45) is 4.88. The van der Waals surface area contributed by atoms with Crippen LogP contribution < -0.4 is 10.6 Å². The first-order chi connectivity index (χ1) is 14.1. The van der Waals surface area contributed by atoms with Crippen molar-refractivity contribution in [2.45, 2.75) is 18.9 Å². The number of rotatable bonds is 5. The second-order valence-electron chi connectivity index (χ2n) is 7.01. The summed E-state index contributed by atoms with van der Waals surface area (Å²) in [6, 6.07) is 10.1. The zero-order valence-electron chi connectivity index (χ0n) is 15.7. The van der Waals surface area contributed by atoms with Crippen molar-refractivity contribution in [1.82, 2.24) is 19.9 Å². The van der Waals surface area contributed by atoms with Crippen LogP contribution in [0.1, 0.15) is 18.4 Å². The Balaban J connectivity index is 1.47. The summed E-state index contributed by atoms with van der Waals surface area (Å²) in [5, 5.41) is 19.7. The van der Waals surface area contributed by atoms with E-state index in [1.165, 1.54) is 7.11 Å². The van der Waals surface area contributed by atoms with E-state index in [0.29, 0.717) is 24.1 Å². The van der Waals surface area contributed by atoms with Gasteiger partial charge >= 0.3 is 6.09 Å². The van der Waals surface area contributed by atoms with Gasteiger partial charge in [0.15, 0.2) is 0 Å². The standard InChI is InChI=1S/C20H19BrN6O2/c1-29-20(28)24-9-12-4-14(5-12)26-17-7-18(23-11-16(17)21)19-3-2-15-6-13(8-22)10-25-27(15)19/h2-3,6-7,10-12,14H,4-5,9H2,1H3,(H,23,26)(H,24,28). The summed E-state index contributed by atoms with van der Waals surface area (Å²) in [6.45, 7) is 0.625. The minimum absolute atomic E-state index is 0.339. The van der Waals surface area contributed by atoms with Gasteiger partial charge in [-0.1, -0.05) is 0 Å². The minimum atomic E-state index is -0.391. The monoisotopic (exact) mass is 454 g/mol. The normalized spacial score (nSPS) is 18.0. The molecule has 8 nitrogen and oxygen atoms in total. The molecule has 4 rings (SSSR count). The molecule has 3 aromatic rings. The number of carbonyl (C=O) groups is 1. The van der Waals surface area contributed by atoms with Crippen molar-refractivity contribution in [2.24, 2.45) is 5.92 Å². The zero-order valence-corrected chi connectivity index (χ0v) is 17.3. The Morgan fingerprint density at radius 2 is 2.21 bits per heavy atom. The molecule has 1 fully saturated rings. The van der Waals surface area contributed by atoms with Gasteiger partial charge in [0, 0.05) is 18.8 Å². The molecule has 1 aliphatic carbocycles. The van der Waals surface area contributed by atoms with Gasteiger partial charge in [-0.2, -0.15) is 10.4 Å². The Bertz CT molecular complexity index is 1100. The fourth-order valence-corrected chi connectivity index (χ4v) is 3.81. The summed E-state index contributed by atoms with van der Waals surface area (Å²) in [7, 11) is 1.37. The van der Waals surface area contributed by atoms with Crippen LogP contribution in [0.25, 0.3) is 16.9 Å². The number of nitrogens with one attached hydrogen (secondary N) is 2. The summed E-state index contributed by atoms with van der Waals surface area (Å²) in [5.41, 5.74) is 3.97. The van der Waals surface area contributed by atoms with E-state index in [0.717, 1.165) is 39.9 Å². The van der Waals surface area contributed by atoms with Crippen LogP contribution in [-0.2, 0) is 4.74 Å². The lowest BCUT2D eigenvalue weighted by atomic mass is 9.80. The molecule has 0 unspecified atom stereocenters. The van der Waals surface area contributed by atoms with Crippen LogP contribution >= 0.6 is 15.9 Å². The maximum Gasteiger partial charge on any atom is 0.406 e. The summed E-state index contributed by atoms with van der Waals surface area (Å²) in [4.78, 5) is 15.7. The van der Waals surface area contributed by atoms with Crippen LogP contribution in [0, 0.1) is 17.2 Å². The number of aromatic nitrogens is 3. The van der Waals surface area contributed by atoms with Gasteiger partial charge in [0.05, 0.1) is 45.9 Å². The highest BCUT2D eigenvalue weighted by Gasteiger charge is 2.29. The van der Waals surface area contributed by atoms with Gasteiger partial charge in [0.25, 0.3) is 0 Å². The number of methoxy groups -OCH3 is 1. The largest absolute Gasteiger partial charge is 0.453 e. The minimum Gasteiger partial charge on any atom is -0.453 e. The first kappa shape index (κ1) is 19.2. The summed E-state index contributed by atoms with van der Waals surface area (Å²) in [5.74, 6) is 0.444. The average Bonchev–Trinajstić information content (AvgIpc) is 3.13. The van der Waals surface area contributed by atoms with Gasteiger partial charge in [-0.3, -0.25) is 4.98 Å². The van der Waals surface area contributed by atoms with E-state index in [9.17, 15) is 4.79 Å². The summed E-state index contributed by atoms with van der Waals surface area (Å²) < 4.78 is 7.26. The molecule has 3 heterocycles. The first-order valence-corrected chi connectivity index (χ1v) is 9.99. The number of ether oxygens (including phenoxy) is 1. The number of hydrogen-bond donors (Lipinski definition) is 2. The quantitative estimate of drug-likeness (QED) is 0.610. The highest BCUT2D eigenvalue weighted by Crippen LogP contribution is 2.34. The number of fused-ring (bicyclic) bond motifs is 1.